The number of carbonyl (C=O) groups is 1. The first kappa shape index (κ1) is 33.7. The van der Waals surface area contributed by atoms with E-state index in [-0.39, 0.29) is 18.3 Å². The maximum absolute atomic E-state index is 12.6. The van der Waals surface area contributed by atoms with Crippen molar-refractivity contribution in [2.45, 2.75) is 89.7 Å². The Morgan fingerprint density at radius 1 is 0.952 bits per heavy atom. The molecule has 0 N–H and O–H groups in total. The Labute approximate surface area is 250 Å². The van der Waals surface area contributed by atoms with Crippen LogP contribution in [0.3, 0.4) is 0 Å². The third-order valence-electron chi connectivity index (χ3n) is 7.10. The van der Waals surface area contributed by atoms with Gasteiger partial charge >= 0.3 is 5.97 Å². The third-order valence-corrected chi connectivity index (χ3v) is 12.1. The van der Waals surface area contributed by atoms with Crippen LogP contribution >= 0.6 is 0 Å². The fourth-order valence-electron chi connectivity index (χ4n) is 5.49. The van der Waals surface area contributed by atoms with E-state index in [2.05, 4.69) is 55.1 Å². The second-order valence-electron chi connectivity index (χ2n) is 12.2. The fraction of sp³-hybridized carbons (Fsp3) is 0.581. The summed E-state index contributed by atoms with van der Waals surface area (Å²) in [6.07, 6.45) is -3.20. The summed E-state index contributed by atoms with van der Waals surface area (Å²) in [6.45, 7) is 13.8. The van der Waals surface area contributed by atoms with Crippen molar-refractivity contribution in [2.75, 3.05) is 26.9 Å². The number of esters is 1. The van der Waals surface area contributed by atoms with Crippen molar-refractivity contribution in [3.8, 4) is 0 Å². The topological polar surface area (TPSA) is 121 Å². The summed E-state index contributed by atoms with van der Waals surface area (Å²) in [5, 5.41) is 5.93. The average Bonchev–Trinajstić information content (AvgIpc) is 2.93. The van der Waals surface area contributed by atoms with Gasteiger partial charge in [-0.15, -0.1) is 0 Å². The van der Waals surface area contributed by atoms with Crippen LogP contribution in [0.2, 0.25) is 5.04 Å². The third kappa shape index (κ3) is 7.99. The monoisotopic (exact) mass is 599 g/mol. The molecule has 10 nitrogen and oxygen atoms in total. The first-order valence-corrected chi connectivity index (χ1v) is 16.2. The van der Waals surface area contributed by atoms with Crippen molar-refractivity contribution in [2.24, 2.45) is 5.11 Å². The summed E-state index contributed by atoms with van der Waals surface area (Å²) in [6, 6.07) is 19.7. The highest BCUT2D eigenvalue weighted by Gasteiger charge is 2.53. The van der Waals surface area contributed by atoms with Crippen molar-refractivity contribution in [3.63, 3.8) is 0 Å². The van der Waals surface area contributed by atoms with Crippen LogP contribution in [0.5, 0.6) is 0 Å². The maximum atomic E-state index is 12.6. The molecule has 1 aliphatic heterocycles. The Morgan fingerprint density at radius 3 is 1.98 bits per heavy atom. The SMILES string of the molecule is CCOC1OC(CO[Si](c2ccccc2)(c2ccccc2)C(C)(C)C)[C@@H](OC)[C@H](OCC(=O)OC(C)(C)C)C1N=[N+]=[N-]. The molecule has 230 valence electrons. The van der Waals surface area contributed by atoms with Crippen LogP contribution in [0, 0.1) is 0 Å². The molecule has 5 atom stereocenters. The number of benzene rings is 2. The Bertz CT molecular complexity index is 1140. The van der Waals surface area contributed by atoms with Crippen molar-refractivity contribution >= 4 is 24.7 Å². The van der Waals surface area contributed by atoms with E-state index in [4.69, 9.17) is 28.1 Å². The van der Waals surface area contributed by atoms with Gasteiger partial charge in [0.15, 0.2) is 6.29 Å². The van der Waals surface area contributed by atoms with Crippen LogP contribution in [-0.4, -0.2) is 77.5 Å². The van der Waals surface area contributed by atoms with Gasteiger partial charge in [0.1, 0.15) is 36.6 Å². The molecule has 3 rings (SSSR count). The summed E-state index contributed by atoms with van der Waals surface area (Å²) in [7, 11) is -1.38. The van der Waals surface area contributed by atoms with Crippen LogP contribution in [0.1, 0.15) is 48.5 Å². The summed E-state index contributed by atoms with van der Waals surface area (Å²) in [5.41, 5.74) is 8.69. The van der Waals surface area contributed by atoms with Gasteiger partial charge in [0, 0.05) is 18.6 Å². The van der Waals surface area contributed by atoms with Gasteiger partial charge in [0.25, 0.3) is 8.32 Å². The molecule has 1 saturated heterocycles. The number of nitrogens with zero attached hydrogens (tertiary/aromatic N) is 3. The van der Waals surface area contributed by atoms with Crippen LogP contribution in [-0.2, 0) is 32.9 Å². The number of hydrogen-bond acceptors (Lipinski definition) is 8. The molecule has 0 bridgehead atoms. The lowest BCUT2D eigenvalue weighted by molar-refractivity contribution is -0.274. The molecule has 1 heterocycles. The van der Waals surface area contributed by atoms with Crippen LogP contribution in [0.4, 0.5) is 0 Å². The van der Waals surface area contributed by atoms with Crippen molar-refractivity contribution < 1.29 is 32.9 Å². The first-order valence-electron chi connectivity index (χ1n) is 14.3. The van der Waals surface area contributed by atoms with E-state index < -0.39 is 50.5 Å². The Hall–Kier alpha value is -2.76. The molecule has 0 aliphatic carbocycles. The lowest BCUT2D eigenvalue weighted by atomic mass is 9.97. The molecular formula is C31H45N3O7Si. The predicted octanol–water partition coefficient (Wildman–Crippen LogP) is 4.75. The molecule has 1 fully saturated rings. The van der Waals surface area contributed by atoms with Gasteiger partial charge in [-0.2, -0.15) is 0 Å². The molecular weight excluding hydrogens is 554 g/mol. The first-order chi connectivity index (χ1) is 19.9. The summed E-state index contributed by atoms with van der Waals surface area (Å²) in [4.78, 5) is 15.6. The van der Waals surface area contributed by atoms with Crippen molar-refractivity contribution in [1.29, 1.82) is 0 Å². The number of methoxy groups -OCH3 is 1. The van der Waals surface area contributed by atoms with Gasteiger partial charge in [-0.3, -0.25) is 0 Å². The highest BCUT2D eigenvalue weighted by Crippen LogP contribution is 2.38. The molecule has 0 aromatic heterocycles. The quantitative estimate of drug-likeness (QED) is 0.114. The molecule has 2 aromatic carbocycles. The summed E-state index contributed by atoms with van der Waals surface area (Å²) >= 11 is 0. The minimum absolute atomic E-state index is 0.143. The molecule has 42 heavy (non-hydrogen) atoms. The number of ether oxygens (including phenoxy) is 5. The van der Waals surface area contributed by atoms with Crippen molar-refractivity contribution in [3.05, 3.63) is 71.1 Å². The highest BCUT2D eigenvalue weighted by atomic mass is 28.4. The van der Waals surface area contributed by atoms with Gasteiger partial charge in [0.05, 0.1) is 6.61 Å². The van der Waals surface area contributed by atoms with E-state index in [1.165, 1.54) is 7.11 Å². The molecule has 0 spiro atoms. The van der Waals surface area contributed by atoms with E-state index in [0.29, 0.717) is 6.61 Å². The lowest BCUT2D eigenvalue weighted by Gasteiger charge is -2.47. The largest absolute Gasteiger partial charge is 0.458 e. The Kier molecular flexibility index (Phi) is 11.7. The fourth-order valence-corrected chi connectivity index (χ4v) is 10.1. The average molecular weight is 600 g/mol. The molecule has 1 aliphatic rings. The summed E-state index contributed by atoms with van der Waals surface area (Å²) in [5.74, 6) is -0.545. The lowest BCUT2D eigenvalue weighted by Crippen LogP contribution is -2.68. The number of azide groups is 1. The Balaban J connectivity index is 2.01. The number of carbonyl (C=O) groups excluding carboxylic acids is 1. The minimum Gasteiger partial charge on any atom is -0.458 e. The maximum Gasteiger partial charge on any atom is 0.332 e. The van der Waals surface area contributed by atoms with E-state index in [1.54, 1.807) is 20.8 Å². The predicted molar refractivity (Wildman–Crippen MR) is 163 cm³/mol. The number of rotatable bonds is 12. The molecule has 0 radical (unpaired) electrons. The number of hydrogen-bond donors (Lipinski definition) is 0. The highest BCUT2D eigenvalue weighted by molar-refractivity contribution is 6.99. The van der Waals surface area contributed by atoms with E-state index in [9.17, 15) is 10.3 Å². The molecule has 3 unspecified atom stereocenters. The molecule has 11 heteroatoms. The second kappa shape index (κ2) is 14.6. The normalized spacial score (nSPS) is 23.2. The van der Waals surface area contributed by atoms with Gasteiger partial charge in [0.2, 0.25) is 0 Å². The summed E-state index contributed by atoms with van der Waals surface area (Å²) < 4.78 is 36.8. The minimum atomic E-state index is -2.91. The van der Waals surface area contributed by atoms with Crippen LogP contribution in [0.25, 0.3) is 10.4 Å². The molecule has 0 saturated carbocycles. The van der Waals surface area contributed by atoms with Crippen LogP contribution in [0.15, 0.2) is 65.8 Å². The zero-order valence-electron chi connectivity index (χ0n) is 26.0. The molecule has 0 amide bonds. The molecule has 2 aromatic rings. The van der Waals surface area contributed by atoms with Crippen molar-refractivity contribution in [1.82, 2.24) is 0 Å². The van der Waals surface area contributed by atoms with Gasteiger partial charge in [-0.1, -0.05) is 86.5 Å². The van der Waals surface area contributed by atoms with E-state index >= 15 is 0 Å². The zero-order valence-corrected chi connectivity index (χ0v) is 27.0. The van der Waals surface area contributed by atoms with E-state index in [0.717, 1.165) is 10.4 Å². The van der Waals surface area contributed by atoms with Gasteiger partial charge in [-0.25, -0.2) is 4.79 Å². The van der Waals surface area contributed by atoms with Gasteiger partial charge in [-0.05, 0) is 48.6 Å². The standard InChI is InChI=1S/C31H45N3O7Si/c1-9-37-29-26(33-34-32)28(38-21-25(35)41-30(2,3)4)27(36-8)24(40-29)20-39-42(31(5,6)7,22-16-12-10-13-17-22)23-18-14-11-15-19-23/h10-19,24,26-29H,9,20-21H2,1-8H3/t24?,26?,27-,28-,29?/m1/s1. The van der Waals surface area contributed by atoms with E-state index in [1.807, 2.05) is 43.3 Å². The van der Waals surface area contributed by atoms with Crippen LogP contribution < -0.4 is 10.4 Å². The Morgan fingerprint density at radius 2 is 1.52 bits per heavy atom. The second-order valence-corrected chi connectivity index (χ2v) is 16.5. The smallest absolute Gasteiger partial charge is 0.332 e. The van der Waals surface area contributed by atoms with Gasteiger partial charge < -0.3 is 28.1 Å². The zero-order chi connectivity index (χ0) is 31.0.